The molecule has 0 N–H and O–H groups in total. The molecule has 2 heterocycles. The zero-order valence-corrected chi connectivity index (χ0v) is 20.8. The molecule has 0 spiro atoms. The fourth-order valence-corrected chi connectivity index (χ4v) is 5.12. The standard InChI is InChI=1S/C27H30ClFN4O2/c1-32(23-15-25(34)33(2)22-13-14-24(28)30-27(22)23)21-11-7-19(8-12-21)26(31-35-16-17-3-4-17)18-5-9-20(29)10-6-18/h5-6,9-10,13-15,17,19,21H,3-4,7-8,11-12,16H2,1-2H3/b31-26+/t19-,21-. The summed E-state index contributed by atoms with van der Waals surface area (Å²) in [6.07, 6.45) is 6.12. The minimum absolute atomic E-state index is 0.0734. The molecular formula is C27H30ClFN4O2. The largest absolute Gasteiger partial charge is 0.395 e. The van der Waals surface area contributed by atoms with Crippen LogP contribution in [0.3, 0.4) is 0 Å². The molecular weight excluding hydrogens is 467 g/mol. The first-order valence-electron chi connectivity index (χ1n) is 12.3. The van der Waals surface area contributed by atoms with Gasteiger partial charge in [-0.25, -0.2) is 9.37 Å². The van der Waals surface area contributed by atoms with Gasteiger partial charge in [-0.05, 0) is 74.3 Å². The molecule has 8 heteroatoms. The van der Waals surface area contributed by atoms with Crippen LogP contribution in [0.4, 0.5) is 10.1 Å². The third-order valence-electron chi connectivity index (χ3n) is 7.36. The van der Waals surface area contributed by atoms with E-state index in [0.717, 1.165) is 53.7 Å². The number of halogens is 2. The zero-order chi connectivity index (χ0) is 24.5. The van der Waals surface area contributed by atoms with E-state index >= 15 is 0 Å². The average molecular weight is 497 g/mol. The van der Waals surface area contributed by atoms with Crippen LogP contribution in [0.15, 0.2) is 52.4 Å². The predicted octanol–water partition coefficient (Wildman–Crippen LogP) is 5.55. The highest BCUT2D eigenvalue weighted by Gasteiger charge is 2.30. The Morgan fingerprint density at radius 1 is 1.14 bits per heavy atom. The predicted molar refractivity (Wildman–Crippen MR) is 138 cm³/mol. The van der Waals surface area contributed by atoms with E-state index in [1.807, 2.05) is 13.1 Å². The van der Waals surface area contributed by atoms with E-state index < -0.39 is 0 Å². The Kier molecular flexibility index (Phi) is 6.78. The number of hydrogen-bond donors (Lipinski definition) is 0. The van der Waals surface area contributed by atoms with Gasteiger partial charge in [0.25, 0.3) is 5.56 Å². The monoisotopic (exact) mass is 496 g/mol. The zero-order valence-electron chi connectivity index (χ0n) is 20.1. The Morgan fingerprint density at radius 3 is 2.54 bits per heavy atom. The number of aryl methyl sites for hydroxylation is 1. The quantitative estimate of drug-likeness (QED) is 0.244. The highest BCUT2D eigenvalue weighted by molar-refractivity contribution is 6.29. The van der Waals surface area contributed by atoms with Crippen LogP contribution < -0.4 is 10.5 Å². The number of fused-ring (bicyclic) bond motifs is 1. The lowest BCUT2D eigenvalue weighted by molar-refractivity contribution is 0.131. The van der Waals surface area contributed by atoms with E-state index in [-0.39, 0.29) is 23.3 Å². The Balaban J connectivity index is 1.35. The number of hydrogen-bond acceptors (Lipinski definition) is 5. The Morgan fingerprint density at radius 2 is 1.86 bits per heavy atom. The molecule has 3 aromatic rings. The van der Waals surface area contributed by atoms with Crippen LogP contribution in [-0.2, 0) is 11.9 Å². The first kappa shape index (κ1) is 23.8. The van der Waals surface area contributed by atoms with Gasteiger partial charge in [0.15, 0.2) is 0 Å². The molecule has 0 radical (unpaired) electrons. The lowest BCUT2D eigenvalue weighted by Crippen LogP contribution is -2.37. The van der Waals surface area contributed by atoms with Gasteiger partial charge in [-0.1, -0.05) is 28.9 Å². The summed E-state index contributed by atoms with van der Waals surface area (Å²) >= 11 is 6.19. The molecule has 2 aliphatic carbocycles. The second-order valence-corrected chi connectivity index (χ2v) is 10.2. The molecule has 2 aliphatic rings. The molecule has 0 unspecified atom stereocenters. The minimum Gasteiger partial charge on any atom is -0.395 e. The molecule has 2 fully saturated rings. The third kappa shape index (κ3) is 5.20. The molecule has 0 saturated heterocycles. The molecule has 1 aromatic carbocycles. The van der Waals surface area contributed by atoms with Crippen LogP contribution in [-0.4, -0.2) is 35.0 Å². The summed E-state index contributed by atoms with van der Waals surface area (Å²) in [6, 6.07) is 12.0. The van der Waals surface area contributed by atoms with Crippen LogP contribution in [0.25, 0.3) is 11.0 Å². The molecule has 184 valence electrons. The van der Waals surface area contributed by atoms with Crippen molar-refractivity contribution in [1.82, 2.24) is 9.55 Å². The van der Waals surface area contributed by atoms with Crippen molar-refractivity contribution in [1.29, 1.82) is 0 Å². The Labute approximate surface area is 209 Å². The number of nitrogens with zero attached hydrogens (tertiary/aromatic N) is 4. The first-order chi connectivity index (χ1) is 16.9. The molecule has 0 atom stereocenters. The van der Waals surface area contributed by atoms with Crippen LogP contribution in [0.1, 0.15) is 44.1 Å². The van der Waals surface area contributed by atoms with E-state index in [4.69, 9.17) is 16.4 Å². The van der Waals surface area contributed by atoms with E-state index in [1.54, 1.807) is 35.9 Å². The van der Waals surface area contributed by atoms with Crippen molar-refractivity contribution in [2.45, 2.75) is 44.6 Å². The van der Waals surface area contributed by atoms with E-state index in [0.29, 0.717) is 17.7 Å². The molecule has 2 saturated carbocycles. The van der Waals surface area contributed by atoms with Crippen molar-refractivity contribution in [3.05, 3.63) is 69.4 Å². The van der Waals surface area contributed by atoms with Gasteiger partial charge in [0.1, 0.15) is 23.1 Å². The maximum atomic E-state index is 13.5. The number of rotatable bonds is 7. The lowest BCUT2D eigenvalue weighted by Gasteiger charge is -2.36. The summed E-state index contributed by atoms with van der Waals surface area (Å²) in [7, 11) is 3.77. The summed E-state index contributed by atoms with van der Waals surface area (Å²) in [5.74, 6) is 0.595. The van der Waals surface area contributed by atoms with Crippen molar-refractivity contribution in [2.75, 3.05) is 18.6 Å². The smallest absolute Gasteiger partial charge is 0.252 e. The van der Waals surface area contributed by atoms with Gasteiger partial charge in [0.05, 0.1) is 16.9 Å². The average Bonchev–Trinajstić information content (AvgIpc) is 3.69. The third-order valence-corrected chi connectivity index (χ3v) is 7.57. The Bertz CT molecular complexity index is 1300. The number of oxime groups is 1. The summed E-state index contributed by atoms with van der Waals surface area (Å²) in [5, 5.41) is 4.94. The SMILES string of the molecule is Cn1c(=O)cc(N(C)[C@H]2CC[C@H](/C(=N/OCC3CC3)c3ccc(F)cc3)CC2)c2nc(Cl)ccc21. The number of anilines is 1. The molecule has 0 amide bonds. The lowest BCUT2D eigenvalue weighted by atomic mass is 9.80. The normalized spacial score (nSPS) is 20.7. The minimum atomic E-state index is -0.257. The molecule has 0 aliphatic heterocycles. The number of pyridine rings is 2. The number of benzene rings is 1. The molecule has 6 nitrogen and oxygen atoms in total. The molecule has 0 bridgehead atoms. The maximum Gasteiger partial charge on any atom is 0.252 e. The van der Waals surface area contributed by atoms with Crippen molar-refractivity contribution in [3.63, 3.8) is 0 Å². The van der Waals surface area contributed by atoms with Gasteiger partial charge < -0.3 is 14.3 Å². The van der Waals surface area contributed by atoms with Gasteiger partial charge in [-0.3, -0.25) is 4.79 Å². The van der Waals surface area contributed by atoms with Crippen molar-refractivity contribution < 1.29 is 9.23 Å². The second kappa shape index (κ2) is 9.97. The van der Waals surface area contributed by atoms with E-state index in [9.17, 15) is 9.18 Å². The van der Waals surface area contributed by atoms with Gasteiger partial charge >= 0.3 is 0 Å². The summed E-state index contributed by atoms with van der Waals surface area (Å²) in [5.41, 5.74) is 4.03. The van der Waals surface area contributed by atoms with Gasteiger partial charge in [0, 0.05) is 32.1 Å². The van der Waals surface area contributed by atoms with E-state index in [1.165, 1.54) is 25.0 Å². The highest BCUT2D eigenvalue weighted by atomic mass is 35.5. The van der Waals surface area contributed by atoms with Crippen LogP contribution in [0, 0.1) is 17.7 Å². The van der Waals surface area contributed by atoms with Crippen LogP contribution >= 0.6 is 11.6 Å². The molecule has 2 aromatic heterocycles. The fourth-order valence-electron chi connectivity index (χ4n) is 4.97. The second-order valence-electron chi connectivity index (χ2n) is 9.77. The van der Waals surface area contributed by atoms with Gasteiger partial charge in [-0.2, -0.15) is 0 Å². The van der Waals surface area contributed by atoms with E-state index in [2.05, 4.69) is 15.0 Å². The van der Waals surface area contributed by atoms with Crippen molar-refractivity contribution >= 4 is 34.0 Å². The first-order valence-corrected chi connectivity index (χ1v) is 12.6. The molecule has 35 heavy (non-hydrogen) atoms. The van der Waals surface area contributed by atoms with Gasteiger partial charge in [0.2, 0.25) is 0 Å². The Hall–Kier alpha value is -2.93. The topological polar surface area (TPSA) is 59.7 Å². The van der Waals surface area contributed by atoms with Crippen LogP contribution in [0.5, 0.6) is 0 Å². The van der Waals surface area contributed by atoms with Crippen LogP contribution in [0.2, 0.25) is 5.15 Å². The maximum absolute atomic E-state index is 13.5. The van der Waals surface area contributed by atoms with Gasteiger partial charge in [-0.15, -0.1) is 0 Å². The molecule has 5 rings (SSSR count). The fraction of sp³-hybridized carbons (Fsp3) is 0.444. The van der Waals surface area contributed by atoms with Crippen molar-refractivity contribution in [3.8, 4) is 0 Å². The highest BCUT2D eigenvalue weighted by Crippen LogP contribution is 2.34. The van der Waals surface area contributed by atoms with Crippen molar-refractivity contribution in [2.24, 2.45) is 24.0 Å². The number of aromatic nitrogens is 2. The summed E-state index contributed by atoms with van der Waals surface area (Å²) in [6.45, 7) is 0.647. The summed E-state index contributed by atoms with van der Waals surface area (Å²) < 4.78 is 15.1. The summed E-state index contributed by atoms with van der Waals surface area (Å²) in [4.78, 5) is 25.0.